The van der Waals surface area contributed by atoms with Crippen LogP contribution in [-0.4, -0.2) is 28.2 Å². The first-order chi connectivity index (χ1) is 9.98. The summed E-state index contributed by atoms with van der Waals surface area (Å²) in [4.78, 5) is 2.58. The molecule has 0 aliphatic carbocycles. The van der Waals surface area contributed by atoms with E-state index >= 15 is 0 Å². The van der Waals surface area contributed by atoms with Crippen molar-refractivity contribution >= 4 is 0 Å². The number of hydrogen-bond acceptors (Lipinski definition) is 4. The van der Waals surface area contributed by atoms with Crippen LogP contribution in [0.15, 0.2) is 10.6 Å². The van der Waals surface area contributed by atoms with Crippen molar-refractivity contribution in [3.63, 3.8) is 0 Å². The topological polar surface area (TPSA) is 41.3 Å². The maximum Gasteiger partial charge on any atom is 0.151 e. The van der Waals surface area contributed by atoms with Gasteiger partial charge in [-0.3, -0.25) is 4.90 Å². The Bertz CT molecular complexity index is 422. The normalized spacial score (nSPS) is 21.4. The van der Waals surface area contributed by atoms with Crippen LogP contribution >= 0.6 is 0 Å². The van der Waals surface area contributed by atoms with Crippen molar-refractivity contribution in [1.82, 2.24) is 15.4 Å². The molecule has 2 heterocycles. The minimum atomic E-state index is 0.108. The van der Waals surface area contributed by atoms with Gasteiger partial charge in [-0.15, -0.1) is 0 Å². The average molecular weight is 293 g/mol. The molecule has 4 nitrogen and oxygen atoms in total. The van der Waals surface area contributed by atoms with Gasteiger partial charge in [0.2, 0.25) is 0 Å². The Hall–Kier alpha value is -0.870. The van der Waals surface area contributed by atoms with Crippen molar-refractivity contribution in [3.8, 4) is 0 Å². The van der Waals surface area contributed by atoms with E-state index in [1.54, 1.807) is 0 Å². The van der Waals surface area contributed by atoms with Crippen LogP contribution in [0, 0.1) is 0 Å². The van der Waals surface area contributed by atoms with E-state index < -0.39 is 0 Å². The van der Waals surface area contributed by atoms with Crippen LogP contribution in [0.5, 0.6) is 0 Å². The van der Waals surface area contributed by atoms with Crippen LogP contribution in [-0.2, 0) is 13.1 Å². The number of likely N-dealkylation sites (tertiary alicyclic amines) is 1. The highest BCUT2D eigenvalue weighted by atomic mass is 16.5. The van der Waals surface area contributed by atoms with Crippen molar-refractivity contribution in [2.45, 2.75) is 84.5 Å². The Morgan fingerprint density at radius 2 is 2.14 bits per heavy atom. The molecule has 1 unspecified atom stereocenters. The summed E-state index contributed by atoms with van der Waals surface area (Å²) < 4.78 is 5.53. The molecule has 1 aliphatic rings. The number of aromatic nitrogens is 1. The third-order valence-corrected chi connectivity index (χ3v) is 4.24. The maximum absolute atomic E-state index is 5.53. The molecule has 0 aromatic carbocycles. The van der Waals surface area contributed by atoms with Gasteiger partial charge in [0.15, 0.2) is 5.76 Å². The molecule has 1 aromatic heterocycles. The lowest BCUT2D eigenvalue weighted by atomic mass is 10.1. The van der Waals surface area contributed by atoms with Gasteiger partial charge in [0.25, 0.3) is 0 Å². The molecule has 1 N–H and O–H groups in total. The van der Waals surface area contributed by atoms with Crippen LogP contribution < -0.4 is 5.32 Å². The summed E-state index contributed by atoms with van der Waals surface area (Å²) >= 11 is 0. The van der Waals surface area contributed by atoms with Gasteiger partial charge in [-0.1, -0.05) is 24.9 Å². The highest BCUT2D eigenvalue weighted by Gasteiger charge is 2.21. The summed E-state index contributed by atoms with van der Waals surface area (Å²) in [6.45, 7) is 11.6. The number of nitrogens with one attached hydrogen (secondary N) is 1. The largest absolute Gasteiger partial charge is 0.360 e. The molecule has 120 valence electrons. The fraction of sp³-hybridized carbons (Fsp3) is 0.824. The van der Waals surface area contributed by atoms with Crippen LogP contribution in [0.4, 0.5) is 0 Å². The minimum absolute atomic E-state index is 0.108. The van der Waals surface area contributed by atoms with Gasteiger partial charge in [0.1, 0.15) is 0 Å². The van der Waals surface area contributed by atoms with Gasteiger partial charge in [-0.25, -0.2) is 0 Å². The first kappa shape index (κ1) is 16.5. The zero-order chi connectivity index (χ0) is 15.3. The lowest BCUT2D eigenvalue weighted by Gasteiger charge is -2.27. The van der Waals surface area contributed by atoms with Crippen molar-refractivity contribution < 1.29 is 4.52 Å². The summed E-state index contributed by atoms with van der Waals surface area (Å²) in [7, 11) is 0. The van der Waals surface area contributed by atoms with Crippen LogP contribution in [0.25, 0.3) is 0 Å². The third-order valence-electron chi connectivity index (χ3n) is 4.24. The summed E-state index contributed by atoms with van der Waals surface area (Å²) in [5.41, 5.74) is 1.11. The molecule has 2 rings (SSSR count). The Morgan fingerprint density at radius 3 is 2.86 bits per heavy atom. The zero-order valence-corrected chi connectivity index (χ0v) is 14.1. The van der Waals surface area contributed by atoms with E-state index in [0.29, 0.717) is 6.04 Å². The van der Waals surface area contributed by atoms with Crippen molar-refractivity contribution in [2.24, 2.45) is 0 Å². The molecule has 0 amide bonds. The summed E-state index contributed by atoms with van der Waals surface area (Å²) in [5.74, 6) is 1.00. The molecule has 4 heteroatoms. The fourth-order valence-electron chi connectivity index (χ4n) is 2.98. The monoisotopic (exact) mass is 293 g/mol. The fourth-order valence-corrected chi connectivity index (χ4v) is 2.98. The molecular weight excluding hydrogens is 262 g/mol. The Kier molecular flexibility index (Phi) is 5.82. The van der Waals surface area contributed by atoms with Crippen molar-refractivity contribution in [3.05, 3.63) is 17.5 Å². The lowest BCUT2D eigenvalue weighted by Crippen LogP contribution is -2.35. The van der Waals surface area contributed by atoms with Crippen molar-refractivity contribution in [2.75, 3.05) is 6.54 Å². The lowest BCUT2D eigenvalue weighted by molar-refractivity contribution is 0.166. The van der Waals surface area contributed by atoms with Gasteiger partial charge < -0.3 is 9.84 Å². The van der Waals surface area contributed by atoms with E-state index in [4.69, 9.17) is 4.52 Å². The van der Waals surface area contributed by atoms with E-state index in [0.717, 1.165) is 24.5 Å². The molecule has 0 saturated carbocycles. The zero-order valence-electron chi connectivity index (χ0n) is 14.1. The van der Waals surface area contributed by atoms with Crippen molar-refractivity contribution in [1.29, 1.82) is 0 Å². The molecule has 21 heavy (non-hydrogen) atoms. The first-order valence-electron chi connectivity index (χ1n) is 8.41. The smallest absolute Gasteiger partial charge is 0.151 e. The SMILES string of the molecule is CCC1CCCCCN1Cc1cc(CNC(C)(C)C)no1. The minimum Gasteiger partial charge on any atom is -0.360 e. The van der Waals surface area contributed by atoms with E-state index in [1.807, 2.05) is 0 Å². The summed E-state index contributed by atoms with van der Waals surface area (Å²) in [6, 6.07) is 2.81. The molecule has 1 aliphatic heterocycles. The summed E-state index contributed by atoms with van der Waals surface area (Å²) in [5, 5.41) is 7.64. The standard InChI is InChI=1S/C17H31N3O/c1-5-15-9-7-6-8-10-20(15)13-16-11-14(19-21-16)12-18-17(2,3)4/h11,15,18H,5-10,12-13H2,1-4H3. The summed E-state index contributed by atoms with van der Waals surface area (Å²) in [6.07, 6.45) is 6.59. The molecule has 0 bridgehead atoms. The number of rotatable bonds is 5. The molecule has 1 atom stereocenters. The number of nitrogens with zero attached hydrogens (tertiary/aromatic N) is 2. The highest BCUT2D eigenvalue weighted by molar-refractivity contribution is 5.06. The molecule has 1 fully saturated rings. The van der Waals surface area contributed by atoms with E-state index in [1.165, 1.54) is 38.6 Å². The molecule has 0 radical (unpaired) electrons. The average Bonchev–Trinajstić information content (AvgIpc) is 2.74. The van der Waals surface area contributed by atoms with E-state index in [9.17, 15) is 0 Å². The second-order valence-corrected chi connectivity index (χ2v) is 7.27. The van der Waals surface area contributed by atoms with Gasteiger partial charge >= 0.3 is 0 Å². The molecule has 1 aromatic rings. The van der Waals surface area contributed by atoms with Gasteiger partial charge in [-0.05, 0) is 46.6 Å². The van der Waals surface area contributed by atoms with Crippen LogP contribution in [0.3, 0.4) is 0 Å². The Labute approximate surface area is 129 Å². The van der Waals surface area contributed by atoms with Gasteiger partial charge in [0, 0.05) is 24.2 Å². The quantitative estimate of drug-likeness (QED) is 0.898. The first-order valence-corrected chi connectivity index (χ1v) is 8.41. The predicted molar refractivity (Wildman–Crippen MR) is 86.1 cm³/mol. The van der Waals surface area contributed by atoms with Gasteiger partial charge in [0.05, 0.1) is 12.2 Å². The third kappa shape index (κ3) is 5.44. The van der Waals surface area contributed by atoms with Gasteiger partial charge in [-0.2, -0.15) is 0 Å². The Morgan fingerprint density at radius 1 is 1.33 bits per heavy atom. The predicted octanol–water partition coefficient (Wildman–Crippen LogP) is 3.72. The van der Waals surface area contributed by atoms with E-state index in [2.05, 4.69) is 49.1 Å². The van der Waals surface area contributed by atoms with Crippen LogP contribution in [0.2, 0.25) is 0 Å². The second-order valence-electron chi connectivity index (χ2n) is 7.27. The van der Waals surface area contributed by atoms with Crippen LogP contribution in [0.1, 0.15) is 71.3 Å². The Balaban J connectivity index is 1.91. The maximum atomic E-state index is 5.53. The molecule has 1 saturated heterocycles. The molecular formula is C17H31N3O. The molecule has 0 spiro atoms. The number of hydrogen-bond donors (Lipinski definition) is 1. The second kappa shape index (κ2) is 7.41. The van der Waals surface area contributed by atoms with E-state index in [-0.39, 0.29) is 5.54 Å². The highest BCUT2D eigenvalue weighted by Crippen LogP contribution is 2.21.